The summed E-state index contributed by atoms with van der Waals surface area (Å²) >= 11 is 1.68. The molecule has 2 N–H and O–H groups in total. The maximum Gasteiger partial charge on any atom is 0.319 e. The van der Waals surface area contributed by atoms with E-state index in [4.69, 9.17) is 0 Å². The molecule has 0 aromatic heterocycles. The summed E-state index contributed by atoms with van der Waals surface area (Å²) in [6.45, 7) is 5.84. The number of anilines is 1. The Hall–Kier alpha value is -1.16. The third kappa shape index (κ3) is 4.57. The van der Waals surface area contributed by atoms with Gasteiger partial charge in [-0.2, -0.15) is 0 Å². The number of thioether (sulfide) groups is 1. The van der Waals surface area contributed by atoms with Gasteiger partial charge in [0.2, 0.25) is 0 Å². The Bertz CT molecular complexity index is 354. The van der Waals surface area contributed by atoms with E-state index >= 15 is 0 Å². The molecule has 4 heteroatoms. The maximum atomic E-state index is 11.6. The minimum Gasteiger partial charge on any atom is -0.333 e. The summed E-state index contributed by atoms with van der Waals surface area (Å²) in [5.74, 6) is 0. The number of carbonyl (C=O) groups excluding carboxylic acids is 1. The lowest BCUT2D eigenvalue weighted by Gasteiger charge is -2.20. The third-order valence-corrected chi connectivity index (χ3v) is 2.58. The highest BCUT2D eigenvalue weighted by atomic mass is 32.2. The van der Waals surface area contributed by atoms with E-state index in [0.29, 0.717) is 0 Å². The van der Waals surface area contributed by atoms with Crippen LogP contribution < -0.4 is 10.6 Å². The zero-order valence-electron chi connectivity index (χ0n) is 10.1. The van der Waals surface area contributed by atoms with Crippen molar-refractivity contribution in [3.05, 3.63) is 24.3 Å². The van der Waals surface area contributed by atoms with Gasteiger partial charge in [-0.1, -0.05) is 0 Å². The number of hydrogen-bond acceptors (Lipinski definition) is 2. The molecule has 0 saturated heterocycles. The summed E-state index contributed by atoms with van der Waals surface area (Å²) in [7, 11) is 0. The van der Waals surface area contributed by atoms with Crippen LogP contribution >= 0.6 is 11.8 Å². The summed E-state index contributed by atoms with van der Waals surface area (Å²) in [5, 5.41) is 5.63. The van der Waals surface area contributed by atoms with Crippen LogP contribution in [0.15, 0.2) is 29.2 Å². The lowest BCUT2D eigenvalue weighted by atomic mass is 10.1. The highest BCUT2D eigenvalue weighted by Gasteiger charge is 2.13. The van der Waals surface area contributed by atoms with E-state index in [1.807, 2.05) is 51.3 Å². The number of rotatable bonds is 2. The van der Waals surface area contributed by atoms with Gasteiger partial charge in [0.25, 0.3) is 0 Å². The van der Waals surface area contributed by atoms with E-state index < -0.39 is 0 Å². The molecular weight excluding hydrogens is 220 g/mol. The maximum absolute atomic E-state index is 11.6. The fourth-order valence-electron chi connectivity index (χ4n) is 1.18. The first-order valence-corrected chi connectivity index (χ1v) is 6.36. The van der Waals surface area contributed by atoms with Crippen molar-refractivity contribution in [3.8, 4) is 0 Å². The van der Waals surface area contributed by atoms with Crippen molar-refractivity contribution < 1.29 is 4.79 Å². The molecule has 0 aliphatic heterocycles. The normalized spacial score (nSPS) is 11.0. The zero-order chi connectivity index (χ0) is 12.2. The number of urea groups is 1. The van der Waals surface area contributed by atoms with Gasteiger partial charge in [0.05, 0.1) is 0 Å². The molecular formula is C12H18N2OS. The van der Waals surface area contributed by atoms with Gasteiger partial charge in [-0.15, -0.1) is 11.8 Å². The van der Waals surface area contributed by atoms with Crippen molar-refractivity contribution in [2.45, 2.75) is 31.2 Å². The summed E-state index contributed by atoms with van der Waals surface area (Å²) in [5.41, 5.74) is 0.586. The van der Waals surface area contributed by atoms with Gasteiger partial charge in [-0.25, -0.2) is 4.79 Å². The Morgan fingerprint density at radius 1 is 1.19 bits per heavy atom. The van der Waals surface area contributed by atoms with E-state index in [-0.39, 0.29) is 11.6 Å². The van der Waals surface area contributed by atoms with Crippen molar-refractivity contribution in [2.24, 2.45) is 0 Å². The van der Waals surface area contributed by atoms with Crippen LogP contribution in [-0.2, 0) is 0 Å². The number of carbonyl (C=O) groups is 1. The van der Waals surface area contributed by atoms with Gasteiger partial charge in [-0.3, -0.25) is 0 Å². The van der Waals surface area contributed by atoms with E-state index in [1.165, 1.54) is 4.90 Å². The molecule has 1 rings (SSSR count). The van der Waals surface area contributed by atoms with E-state index in [9.17, 15) is 4.79 Å². The molecule has 0 atom stereocenters. The lowest BCUT2D eigenvalue weighted by molar-refractivity contribution is 0.244. The number of hydrogen-bond donors (Lipinski definition) is 2. The topological polar surface area (TPSA) is 41.1 Å². The first kappa shape index (κ1) is 12.9. The van der Waals surface area contributed by atoms with Crippen molar-refractivity contribution in [3.63, 3.8) is 0 Å². The molecule has 0 radical (unpaired) electrons. The van der Waals surface area contributed by atoms with Crippen LogP contribution in [-0.4, -0.2) is 17.8 Å². The van der Waals surface area contributed by atoms with E-state index in [1.54, 1.807) is 11.8 Å². The summed E-state index contributed by atoms with van der Waals surface area (Å²) in [6, 6.07) is 7.58. The number of nitrogens with one attached hydrogen (secondary N) is 2. The van der Waals surface area contributed by atoms with E-state index in [0.717, 1.165) is 5.69 Å². The lowest BCUT2D eigenvalue weighted by Crippen LogP contribution is -2.43. The number of benzene rings is 1. The fourth-order valence-corrected chi connectivity index (χ4v) is 1.59. The first-order chi connectivity index (χ1) is 7.40. The number of amides is 2. The summed E-state index contributed by atoms with van der Waals surface area (Å²) in [6.07, 6.45) is 2.02. The molecule has 0 saturated carbocycles. The molecule has 0 unspecified atom stereocenters. The van der Waals surface area contributed by atoms with Crippen LogP contribution in [0.1, 0.15) is 20.8 Å². The summed E-state index contributed by atoms with van der Waals surface area (Å²) in [4.78, 5) is 12.7. The van der Waals surface area contributed by atoms with Crippen LogP contribution in [0, 0.1) is 0 Å². The van der Waals surface area contributed by atoms with Gasteiger partial charge in [-0.05, 0) is 51.3 Å². The fraction of sp³-hybridized carbons (Fsp3) is 0.417. The Labute approximate surface area is 101 Å². The highest BCUT2D eigenvalue weighted by molar-refractivity contribution is 7.98. The zero-order valence-corrected chi connectivity index (χ0v) is 10.9. The molecule has 0 aliphatic rings. The van der Waals surface area contributed by atoms with Gasteiger partial charge < -0.3 is 10.6 Å². The third-order valence-electron chi connectivity index (χ3n) is 1.84. The molecule has 88 valence electrons. The Morgan fingerprint density at radius 3 is 2.19 bits per heavy atom. The highest BCUT2D eigenvalue weighted by Crippen LogP contribution is 2.17. The van der Waals surface area contributed by atoms with Crippen molar-refractivity contribution >= 4 is 23.5 Å². The minimum absolute atomic E-state index is 0.176. The second-order valence-electron chi connectivity index (χ2n) is 4.56. The standard InChI is InChI=1S/C12H18N2OS/c1-12(2,3)14-11(15)13-9-5-7-10(16-4)8-6-9/h5-8H,1-4H3,(H2,13,14,15). The van der Waals surface area contributed by atoms with E-state index in [2.05, 4.69) is 10.6 Å². The molecule has 0 spiro atoms. The van der Waals surface area contributed by atoms with Crippen LogP contribution in [0.2, 0.25) is 0 Å². The molecule has 0 aliphatic carbocycles. The Morgan fingerprint density at radius 2 is 1.75 bits per heavy atom. The average molecular weight is 238 g/mol. The van der Waals surface area contributed by atoms with Crippen LogP contribution in [0.25, 0.3) is 0 Å². The predicted molar refractivity (Wildman–Crippen MR) is 70.1 cm³/mol. The Balaban J connectivity index is 2.56. The van der Waals surface area contributed by atoms with Gasteiger partial charge in [0, 0.05) is 16.1 Å². The quantitative estimate of drug-likeness (QED) is 0.776. The molecule has 2 amide bonds. The smallest absolute Gasteiger partial charge is 0.319 e. The van der Waals surface area contributed by atoms with Crippen molar-refractivity contribution in [1.29, 1.82) is 0 Å². The average Bonchev–Trinajstić information content (AvgIpc) is 2.16. The van der Waals surface area contributed by atoms with Crippen molar-refractivity contribution in [2.75, 3.05) is 11.6 Å². The Kier molecular flexibility index (Phi) is 4.24. The molecule has 1 aromatic carbocycles. The van der Waals surface area contributed by atoms with Gasteiger partial charge in [0.1, 0.15) is 0 Å². The van der Waals surface area contributed by atoms with Crippen LogP contribution in [0.5, 0.6) is 0 Å². The molecule has 1 aromatic rings. The molecule has 3 nitrogen and oxygen atoms in total. The summed E-state index contributed by atoms with van der Waals surface area (Å²) < 4.78 is 0. The minimum atomic E-state index is -0.219. The first-order valence-electron chi connectivity index (χ1n) is 5.14. The van der Waals surface area contributed by atoms with Gasteiger partial charge in [0.15, 0.2) is 0 Å². The van der Waals surface area contributed by atoms with Gasteiger partial charge >= 0.3 is 6.03 Å². The second-order valence-corrected chi connectivity index (χ2v) is 5.44. The molecule has 0 heterocycles. The molecule has 16 heavy (non-hydrogen) atoms. The molecule has 0 fully saturated rings. The molecule has 0 bridgehead atoms. The van der Waals surface area contributed by atoms with Crippen LogP contribution in [0.3, 0.4) is 0 Å². The van der Waals surface area contributed by atoms with Crippen LogP contribution in [0.4, 0.5) is 10.5 Å². The monoisotopic (exact) mass is 238 g/mol. The largest absolute Gasteiger partial charge is 0.333 e. The SMILES string of the molecule is CSc1ccc(NC(=O)NC(C)(C)C)cc1. The predicted octanol–water partition coefficient (Wildman–Crippen LogP) is 3.33. The second kappa shape index (κ2) is 5.25. The van der Waals surface area contributed by atoms with Crippen molar-refractivity contribution in [1.82, 2.24) is 5.32 Å².